The molecular formula is C29H30Cl2N4O4. The predicted octanol–water partition coefficient (Wildman–Crippen LogP) is 4.60. The molecule has 3 aliphatic rings. The van der Waals surface area contributed by atoms with Crippen molar-refractivity contribution in [1.82, 2.24) is 16.0 Å². The van der Waals surface area contributed by atoms with E-state index in [0.29, 0.717) is 17.8 Å². The number of carbonyl (C=O) groups is 3. The third-order valence-electron chi connectivity index (χ3n) is 7.67. The first-order valence-corrected chi connectivity index (χ1v) is 13.8. The molecule has 39 heavy (non-hydrogen) atoms. The molecule has 2 aliphatic carbocycles. The second-order valence-electron chi connectivity index (χ2n) is 10.3. The van der Waals surface area contributed by atoms with Crippen LogP contribution >= 0.6 is 23.2 Å². The van der Waals surface area contributed by atoms with Crippen molar-refractivity contribution in [3.05, 3.63) is 87.9 Å². The number of carboxylic acids is 1. The van der Waals surface area contributed by atoms with Crippen molar-refractivity contribution in [2.45, 2.75) is 30.8 Å². The van der Waals surface area contributed by atoms with E-state index in [4.69, 9.17) is 23.2 Å². The van der Waals surface area contributed by atoms with Crippen LogP contribution in [0.4, 0.5) is 10.5 Å². The molecule has 2 aromatic rings. The fourth-order valence-corrected chi connectivity index (χ4v) is 6.17. The Morgan fingerprint density at radius 2 is 1.59 bits per heavy atom. The first-order valence-electron chi connectivity index (χ1n) is 13.0. The van der Waals surface area contributed by atoms with Crippen molar-refractivity contribution < 1.29 is 19.5 Å². The number of hydrogen-bond donors (Lipinski definition) is 4. The van der Waals surface area contributed by atoms with Gasteiger partial charge in [0.05, 0.1) is 22.2 Å². The van der Waals surface area contributed by atoms with Gasteiger partial charge in [0, 0.05) is 30.7 Å². The molecule has 3 atom stereocenters. The smallest absolute Gasteiger partial charge is 0.328 e. The van der Waals surface area contributed by atoms with Gasteiger partial charge in [-0.25, -0.2) is 9.59 Å². The van der Waals surface area contributed by atoms with Gasteiger partial charge in [-0.15, -0.1) is 0 Å². The molecule has 0 spiro atoms. The Labute approximate surface area is 237 Å². The third-order valence-corrected chi connectivity index (χ3v) is 8.26. The maximum Gasteiger partial charge on any atom is 0.328 e. The number of carbonyl (C=O) groups excluding carboxylic acids is 2. The number of anilines is 1. The Morgan fingerprint density at radius 3 is 2.18 bits per heavy atom. The molecular weight excluding hydrogens is 539 g/mol. The van der Waals surface area contributed by atoms with E-state index in [0.717, 1.165) is 31.6 Å². The number of rotatable bonds is 8. The molecule has 1 aliphatic heterocycles. The van der Waals surface area contributed by atoms with E-state index in [-0.39, 0.29) is 28.2 Å². The van der Waals surface area contributed by atoms with Crippen LogP contribution in [0.3, 0.4) is 0 Å². The van der Waals surface area contributed by atoms with Gasteiger partial charge in [0.2, 0.25) is 0 Å². The van der Waals surface area contributed by atoms with Gasteiger partial charge in [-0.1, -0.05) is 77.8 Å². The molecule has 0 bridgehead atoms. The number of fused-ring (bicyclic) bond motifs is 1. The number of nitrogens with one attached hydrogen (secondary N) is 3. The van der Waals surface area contributed by atoms with E-state index in [1.807, 2.05) is 30.4 Å². The van der Waals surface area contributed by atoms with Crippen molar-refractivity contribution in [2.24, 2.45) is 11.8 Å². The SMILES string of the molecule is O=C(NC[C@H](NC(=O)c1c(Cl)cc(N2CC(c3ccccc3)C2)cc1Cl)C(=O)O)NC1CC2C=CC=CC2C1. The van der Waals surface area contributed by atoms with Crippen LogP contribution in [0, 0.1) is 11.8 Å². The summed E-state index contributed by atoms with van der Waals surface area (Å²) in [6.45, 7) is 1.30. The van der Waals surface area contributed by atoms with Crippen molar-refractivity contribution >= 4 is 46.8 Å². The van der Waals surface area contributed by atoms with Gasteiger partial charge >= 0.3 is 12.0 Å². The standard InChI is InChI=1S/C29H30Cl2N4O4/c30-23-12-22(35-15-20(16-35)17-6-2-1-3-7-17)13-24(31)26(23)27(36)34-25(28(37)38)14-32-29(39)33-21-10-18-8-4-5-9-19(18)11-21/h1-9,12-13,18-21,25H,10-11,14-16H2,(H,34,36)(H,37,38)(H2,32,33,39)/t18?,19?,21?,25-/m0/s1. The average Bonchev–Trinajstić information content (AvgIpc) is 3.28. The summed E-state index contributed by atoms with van der Waals surface area (Å²) in [6.07, 6.45) is 9.98. The quantitative estimate of drug-likeness (QED) is 0.372. The number of urea groups is 1. The molecule has 10 heteroatoms. The van der Waals surface area contributed by atoms with Gasteiger partial charge in [-0.3, -0.25) is 4.79 Å². The van der Waals surface area contributed by atoms with Gasteiger partial charge in [0.25, 0.3) is 5.91 Å². The first-order chi connectivity index (χ1) is 18.8. The maximum absolute atomic E-state index is 13.0. The summed E-state index contributed by atoms with van der Waals surface area (Å²) in [5, 5.41) is 17.8. The Morgan fingerprint density at radius 1 is 0.974 bits per heavy atom. The lowest BCUT2D eigenvalue weighted by Gasteiger charge is -2.41. The minimum absolute atomic E-state index is 0.00391. The van der Waals surface area contributed by atoms with Crippen molar-refractivity contribution in [2.75, 3.05) is 24.5 Å². The topological polar surface area (TPSA) is 111 Å². The summed E-state index contributed by atoms with van der Waals surface area (Å²) >= 11 is 12.9. The largest absolute Gasteiger partial charge is 0.480 e. The number of allylic oxidation sites excluding steroid dienone is 4. The van der Waals surface area contributed by atoms with Gasteiger partial charge in [0.15, 0.2) is 0 Å². The Bertz CT molecular complexity index is 1270. The molecule has 1 saturated heterocycles. The minimum Gasteiger partial charge on any atom is -0.480 e. The number of benzene rings is 2. The Balaban J connectivity index is 1.15. The number of aliphatic carboxylic acids is 1. The van der Waals surface area contributed by atoms with E-state index < -0.39 is 23.9 Å². The Kier molecular flexibility index (Phi) is 8.14. The molecule has 1 saturated carbocycles. The average molecular weight is 569 g/mol. The fraction of sp³-hybridized carbons (Fsp3) is 0.345. The molecule has 0 radical (unpaired) electrons. The van der Waals surface area contributed by atoms with E-state index >= 15 is 0 Å². The summed E-state index contributed by atoms with van der Waals surface area (Å²) < 4.78 is 0. The number of halogens is 2. The lowest BCUT2D eigenvalue weighted by atomic mass is 9.91. The molecule has 204 valence electrons. The zero-order valence-corrected chi connectivity index (χ0v) is 22.7. The summed E-state index contributed by atoms with van der Waals surface area (Å²) in [4.78, 5) is 39.4. The molecule has 2 fully saturated rings. The van der Waals surface area contributed by atoms with Crippen LogP contribution in [0.5, 0.6) is 0 Å². The van der Waals surface area contributed by atoms with Gasteiger partial charge in [0.1, 0.15) is 6.04 Å². The lowest BCUT2D eigenvalue weighted by Crippen LogP contribution is -2.51. The van der Waals surface area contributed by atoms with E-state index in [2.05, 4.69) is 45.1 Å². The predicted molar refractivity (Wildman–Crippen MR) is 152 cm³/mol. The van der Waals surface area contributed by atoms with E-state index in [1.165, 1.54) is 5.56 Å². The molecule has 0 aromatic heterocycles. The molecule has 1 heterocycles. The van der Waals surface area contributed by atoms with Gasteiger partial charge in [-0.2, -0.15) is 0 Å². The van der Waals surface area contributed by atoms with Crippen LogP contribution in [-0.4, -0.2) is 54.7 Å². The number of hydrogen-bond acceptors (Lipinski definition) is 4. The summed E-state index contributed by atoms with van der Waals surface area (Å²) in [5.74, 6) is -0.811. The maximum atomic E-state index is 13.0. The van der Waals surface area contributed by atoms with Crippen molar-refractivity contribution in [3.63, 3.8) is 0 Å². The zero-order chi connectivity index (χ0) is 27.5. The number of amides is 3. The second kappa shape index (κ2) is 11.7. The molecule has 8 nitrogen and oxygen atoms in total. The molecule has 2 aromatic carbocycles. The zero-order valence-electron chi connectivity index (χ0n) is 21.1. The highest BCUT2D eigenvalue weighted by atomic mass is 35.5. The molecule has 4 N–H and O–H groups in total. The van der Waals surface area contributed by atoms with Crippen LogP contribution in [0.15, 0.2) is 66.8 Å². The molecule has 3 amide bonds. The van der Waals surface area contributed by atoms with Gasteiger partial charge in [-0.05, 0) is 42.4 Å². The highest BCUT2D eigenvalue weighted by molar-refractivity contribution is 6.40. The van der Waals surface area contributed by atoms with Crippen LogP contribution in [-0.2, 0) is 4.79 Å². The monoisotopic (exact) mass is 568 g/mol. The number of carboxylic acid groups (broad SMARTS) is 1. The van der Waals surface area contributed by atoms with E-state index in [1.54, 1.807) is 12.1 Å². The molecule has 2 unspecified atom stereocenters. The van der Waals surface area contributed by atoms with Crippen LogP contribution in [0.2, 0.25) is 10.0 Å². The lowest BCUT2D eigenvalue weighted by molar-refractivity contribution is -0.139. The van der Waals surface area contributed by atoms with Crippen molar-refractivity contribution in [3.8, 4) is 0 Å². The third kappa shape index (κ3) is 6.23. The van der Waals surface area contributed by atoms with Crippen LogP contribution in [0.1, 0.15) is 34.7 Å². The normalized spacial score (nSPS) is 22.5. The summed E-state index contributed by atoms with van der Waals surface area (Å²) in [5.41, 5.74) is 2.05. The van der Waals surface area contributed by atoms with Gasteiger partial charge < -0.3 is 26.0 Å². The summed E-state index contributed by atoms with van der Waals surface area (Å²) in [6, 6.07) is 11.7. The molecule has 5 rings (SSSR count). The van der Waals surface area contributed by atoms with Crippen LogP contribution in [0.25, 0.3) is 0 Å². The summed E-state index contributed by atoms with van der Waals surface area (Å²) in [7, 11) is 0. The van der Waals surface area contributed by atoms with Crippen LogP contribution < -0.4 is 20.9 Å². The van der Waals surface area contributed by atoms with Crippen molar-refractivity contribution in [1.29, 1.82) is 0 Å². The second-order valence-corrected chi connectivity index (χ2v) is 11.1. The minimum atomic E-state index is -1.37. The fourth-order valence-electron chi connectivity index (χ4n) is 5.52. The highest BCUT2D eigenvalue weighted by Crippen LogP contribution is 2.37. The van der Waals surface area contributed by atoms with E-state index in [9.17, 15) is 19.5 Å². The Hall–Kier alpha value is -3.49. The first kappa shape index (κ1) is 27.1. The number of nitrogens with zero attached hydrogens (tertiary/aromatic N) is 1. The highest BCUT2D eigenvalue weighted by Gasteiger charge is 2.33.